The Kier molecular flexibility index (Phi) is 8.12. The molecule has 0 spiro atoms. The van der Waals surface area contributed by atoms with Crippen molar-refractivity contribution in [3.05, 3.63) is 29.8 Å². The summed E-state index contributed by atoms with van der Waals surface area (Å²) in [4.78, 5) is 13.0. The van der Waals surface area contributed by atoms with Crippen LogP contribution in [0.1, 0.15) is 57.8 Å². The Bertz CT molecular complexity index is 919. The highest BCUT2D eigenvalue weighted by molar-refractivity contribution is 8.23. The Balaban J connectivity index is 1.54. The summed E-state index contributed by atoms with van der Waals surface area (Å²) in [6.07, 6.45) is -1.47. The van der Waals surface area contributed by atoms with Gasteiger partial charge in [0, 0.05) is 17.2 Å². The lowest BCUT2D eigenvalue weighted by atomic mass is 9.94. The van der Waals surface area contributed by atoms with Crippen molar-refractivity contribution in [1.29, 1.82) is 0 Å². The number of thiocarbonyl (C=S) groups is 1. The van der Waals surface area contributed by atoms with E-state index < -0.39 is 36.2 Å². The fourth-order valence-corrected chi connectivity index (χ4v) is 6.21. The van der Waals surface area contributed by atoms with E-state index in [1.54, 1.807) is 31.4 Å². The standard InChI is InChI=1S/C25H34O8S2/c1-7-28-23(34)35-17(13-12-16(26)14-8-10-15(27-6)11-9-14)18-19-20(31-24(2,3)30-19)21-22(29-18)33-25(4,5)32-21/h8-11,17-22H,7,12-13H2,1-6H3/t17?,18-,19+,20+,21-,22-/m1/s1. The third-order valence-electron chi connectivity index (χ3n) is 6.13. The van der Waals surface area contributed by atoms with E-state index in [1.165, 1.54) is 11.8 Å². The fourth-order valence-electron chi connectivity index (χ4n) is 4.70. The zero-order valence-corrected chi connectivity index (χ0v) is 22.6. The maximum atomic E-state index is 13.0. The number of carbonyl (C=O) groups excluding carboxylic acids is 1. The van der Waals surface area contributed by atoms with Crippen molar-refractivity contribution in [2.75, 3.05) is 13.7 Å². The van der Waals surface area contributed by atoms with Gasteiger partial charge in [-0.05, 0) is 77.5 Å². The highest BCUT2D eigenvalue weighted by atomic mass is 32.2. The molecule has 3 heterocycles. The van der Waals surface area contributed by atoms with Crippen LogP contribution in [0.3, 0.4) is 0 Å². The van der Waals surface area contributed by atoms with Crippen LogP contribution in [0.2, 0.25) is 0 Å². The van der Waals surface area contributed by atoms with Gasteiger partial charge in [0.05, 0.1) is 13.7 Å². The predicted molar refractivity (Wildman–Crippen MR) is 135 cm³/mol. The Hall–Kier alpha value is -1.27. The van der Waals surface area contributed by atoms with Crippen molar-refractivity contribution in [3.63, 3.8) is 0 Å². The van der Waals surface area contributed by atoms with Crippen LogP contribution in [-0.2, 0) is 28.4 Å². The van der Waals surface area contributed by atoms with Gasteiger partial charge < -0.3 is 33.2 Å². The van der Waals surface area contributed by atoms with Gasteiger partial charge in [-0.3, -0.25) is 4.79 Å². The topological polar surface area (TPSA) is 81.7 Å². The highest BCUT2D eigenvalue weighted by Gasteiger charge is 2.61. The number of ether oxygens (including phenoxy) is 7. The number of thioether (sulfide) groups is 1. The van der Waals surface area contributed by atoms with Crippen molar-refractivity contribution in [3.8, 4) is 5.75 Å². The maximum Gasteiger partial charge on any atom is 0.220 e. The average molecular weight is 527 g/mol. The third-order valence-corrected chi connectivity index (χ3v) is 7.66. The molecule has 1 aromatic rings. The van der Waals surface area contributed by atoms with E-state index in [-0.39, 0.29) is 17.1 Å². The molecule has 0 saturated carbocycles. The summed E-state index contributed by atoms with van der Waals surface area (Å²) >= 11 is 6.84. The maximum absolute atomic E-state index is 13.0. The summed E-state index contributed by atoms with van der Waals surface area (Å²) in [6, 6.07) is 7.11. The summed E-state index contributed by atoms with van der Waals surface area (Å²) < 4.78 is 42.3. The van der Waals surface area contributed by atoms with E-state index in [0.29, 0.717) is 35.1 Å². The summed E-state index contributed by atoms with van der Waals surface area (Å²) in [5.41, 5.74) is 0.625. The van der Waals surface area contributed by atoms with Gasteiger partial charge in [-0.25, -0.2) is 0 Å². The van der Waals surface area contributed by atoms with Gasteiger partial charge in [-0.1, -0.05) is 11.8 Å². The van der Waals surface area contributed by atoms with Crippen LogP contribution >= 0.6 is 24.0 Å². The molecule has 4 rings (SSSR count). The lowest BCUT2D eigenvalue weighted by Gasteiger charge is -2.40. The molecule has 0 amide bonds. The first-order chi connectivity index (χ1) is 16.5. The van der Waals surface area contributed by atoms with Crippen LogP contribution in [0, 0.1) is 0 Å². The first kappa shape index (κ1) is 26.8. The van der Waals surface area contributed by atoms with E-state index in [2.05, 4.69) is 0 Å². The lowest BCUT2D eigenvalue weighted by Crippen LogP contribution is -2.58. The molecule has 0 N–H and O–H groups in total. The van der Waals surface area contributed by atoms with Crippen LogP contribution in [0.4, 0.5) is 0 Å². The van der Waals surface area contributed by atoms with Crippen molar-refractivity contribution < 1.29 is 38.0 Å². The van der Waals surface area contributed by atoms with Crippen molar-refractivity contribution in [2.45, 2.75) is 95.0 Å². The summed E-state index contributed by atoms with van der Waals surface area (Å²) in [6.45, 7) is 9.79. The van der Waals surface area contributed by atoms with Crippen LogP contribution < -0.4 is 4.74 Å². The minimum Gasteiger partial charge on any atom is -0.497 e. The number of Topliss-reactive ketones (excluding diaryl/α,β-unsaturated/α-hetero) is 1. The molecular weight excluding hydrogens is 492 g/mol. The average Bonchev–Trinajstić information content (AvgIpc) is 3.29. The van der Waals surface area contributed by atoms with E-state index >= 15 is 0 Å². The molecule has 0 radical (unpaired) electrons. The Labute approximate surface area is 216 Å². The number of carbonyl (C=O) groups is 1. The second-order valence-corrected chi connectivity index (χ2v) is 11.5. The predicted octanol–water partition coefficient (Wildman–Crippen LogP) is 4.48. The van der Waals surface area contributed by atoms with Crippen LogP contribution in [-0.4, -0.2) is 71.4 Å². The van der Waals surface area contributed by atoms with Gasteiger partial charge in [0.1, 0.15) is 30.2 Å². The number of benzene rings is 1. The molecule has 0 bridgehead atoms. The van der Waals surface area contributed by atoms with Crippen molar-refractivity contribution in [1.82, 2.24) is 0 Å². The van der Waals surface area contributed by atoms with Crippen molar-refractivity contribution in [2.24, 2.45) is 0 Å². The molecule has 0 aliphatic carbocycles. The minimum atomic E-state index is -0.809. The molecule has 194 valence electrons. The molecule has 3 aliphatic heterocycles. The quantitative estimate of drug-likeness (QED) is 0.357. The zero-order valence-electron chi connectivity index (χ0n) is 21.0. The lowest BCUT2D eigenvalue weighted by molar-refractivity contribution is -0.233. The molecule has 3 fully saturated rings. The molecule has 1 aromatic carbocycles. The number of hydrogen-bond acceptors (Lipinski definition) is 10. The molecule has 6 atom stereocenters. The van der Waals surface area contributed by atoms with Crippen molar-refractivity contribution >= 4 is 34.1 Å². The molecule has 1 unspecified atom stereocenters. The summed E-state index contributed by atoms with van der Waals surface area (Å²) in [5, 5.41) is -0.227. The van der Waals surface area contributed by atoms with Gasteiger partial charge in [0.25, 0.3) is 0 Å². The SMILES string of the molecule is CCOC(=S)SC(CCC(=O)c1ccc(OC)cc1)[C@H]1O[C@@H]2OC(C)(C)O[C@@H]2[C@H]2OC(C)(C)O[C@H]21. The van der Waals surface area contributed by atoms with Gasteiger partial charge in [0.2, 0.25) is 4.38 Å². The number of ketones is 1. The van der Waals surface area contributed by atoms with Gasteiger partial charge in [-0.15, -0.1) is 0 Å². The number of fused-ring (bicyclic) bond motifs is 3. The van der Waals surface area contributed by atoms with Gasteiger partial charge in [0.15, 0.2) is 23.6 Å². The Morgan fingerprint density at radius 1 is 1.03 bits per heavy atom. The second kappa shape index (κ2) is 10.6. The Morgan fingerprint density at radius 3 is 2.31 bits per heavy atom. The molecule has 10 heteroatoms. The molecular formula is C25H34O8S2. The number of rotatable bonds is 8. The monoisotopic (exact) mass is 526 g/mol. The second-order valence-electron chi connectivity index (χ2n) is 9.66. The Morgan fingerprint density at radius 2 is 1.66 bits per heavy atom. The molecule has 0 aromatic heterocycles. The largest absolute Gasteiger partial charge is 0.497 e. The third kappa shape index (κ3) is 6.18. The van der Waals surface area contributed by atoms with E-state index in [9.17, 15) is 4.79 Å². The van der Waals surface area contributed by atoms with Gasteiger partial charge >= 0.3 is 0 Å². The molecule has 3 aliphatic rings. The normalized spacial score (nSPS) is 31.3. The van der Waals surface area contributed by atoms with E-state index in [1.807, 2.05) is 34.6 Å². The number of hydrogen-bond donors (Lipinski definition) is 0. The fraction of sp³-hybridized carbons (Fsp3) is 0.680. The van der Waals surface area contributed by atoms with E-state index in [0.717, 1.165) is 0 Å². The molecule has 3 saturated heterocycles. The number of methoxy groups -OCH3 is 1. The smallest absolute Gasteiger partial charge is 0.220 e. The zero-order chi connectivity index (χ0) is 25.4. The summed E-state index contributed by atoms with van der Waals surface area (Å²) in [7, 11) is 1.60. The molecule has 8 nitrogen and oxygen atoms in total. The van der Waals surface area contributed by atoms with Crippen LogP contribution in [0.5, 0.6) is 5.75 Å². The van der Waals surface area contributed by atoms with Crippen LogP contribution in [0.25, 0.3) is 0 Å². The van der Waals surface area contributed by atoms with E-state index in [4.69, 9.17) is 45.4 Å². The molecule has 35 heavy (non-hydrogen) atoms. The highest BCUT2D eigenvalue weighted by Crippen LogP contribution is 2.46. The van der Waals surface area contributed by atoms with Gasteiger partial charge in [-0.2, -0.15) is 0 Å². The van der Waals surface area contributed by atoms with Crippen LogP contribution in [0.15, 0.2) is 24.3 Å². The first-order valence-electron chi connectivity index (χ1n) is 11.9. The first-order valence-corrected chi connectivity index (χ1v) is 13.2. The minimum absolute atomic E-state index is 0.0244. The summed E-state index contributed by atoms with van der Waals surface area (Å²) in [5.74, 6) is -0.887.